The fraction of sp³-hybridized carbons (Fsp3) is 0.286. The molecule has 3 aromatic carbocycles. The van der Waals surface area contributed by atoms with Crippen molar-refractivity contribution in [3.63, 3.8) is 0 Å². The van der Waals surface area contributed by atoms with Crippen LogP contribution in [0.3, 0.4) is 0 Å². The molecule has 0 spiro atoms. The number of benzene rings is 3. The number of amidine groups is 1. The van der Waals surface area contributed by atoms with E-state index in [2.05, 4.69) is 11.8 Å². The number of hydrogen-bond donors (Lipinski definition) is 0. The van der Waals surface area contributed by atoms with Gasteiger partial charge >= 0.3 is 0 Å². The molecule has 1 fully saturated rings. The van der Waals surface area contributed by atoms with Crippen LogP contribution in [0.15, 0.2) is 65.7 Å². The van der Waals surface area contributed by atoms with Crippen molar-refractivity contribution in [1.29, 1.82) is 0 Å². The number of carbonyl (C=O) groups is 1. The minimum atomic E-state index is -0.0282. The van der Waals surface area contributed by atoms with Gasteiger partial charge in [0.15, 0.2) is 5.75 Å². The molecule has 7 heteroatoms. The summed E-state index contributed by atoms with van der Waals surface area (Å²) in [6.07, 6.45) is 0. The number of rotatable bonds is 3. The van der Waals surface area contributed by atoms with Gasteiger partial charge in [-0.1, -0.05) is 18.2 Å². The predicted molar refractivity (Wildman–Crippen MR) is 136 cm³/mol. The van der Waals surface area contributed by atoms with Crippen molar-refractivity contribution in [1.82, 2.24) is 9.80 Å². The molecule has 2 aliphatic rings. The average molecular weight is 472 g/mol. The molecule has 1 saturated heterocycles. The molecule has 0 radical (unpaired) electrons. The molecule has 1 amide bonds. The quantitative estimate of drug-likeness (QED) is 0.535. The van der Waals surface area contributed by atoms with E-state index >= 15 is 0 Å². The number of aliphatic imine (C=N–C) groups is 1. The monoisotopic (exact) mass is 471 g/mol. The normalized spacial score (nSPS) is 16.9. The van der Waals surface area contributed by atoms with Crippen molar-refractivity contribution in [3.8, 4) is 23.0 Å². The summed E-state index contributed by atoms with van der Waals surface area (Å²) in [5.74, 6) is 3.57. The van der Waals surface area contributed by atoms with Gasteiger partial charge in [-0.25, -0.2) is 4.99 Å². The first-order valence-corrected chi connectivity index (χ1v) is 11.7. The first-order chi connectivity index (χ1) is 17.0. The van der Waals surface area contributed by atoms with Crippen LogP contribution in [0.4, 0.5) is 5.69 Å². The Balaban J connectivity index is 1.48. The molecular weight excluding hydrogens is 442 g/mol. The van der Waals surface area contributed by atoms with Crippen LogP contribution in [0.25, 0.3) is 0 Å². The standard InChI is InChI=1S/C28H29N3O4/c1-18-9-11-23-26(15-18)35-25-12-10-20(33-3)16-22(25)27(29-23)30-13-14-31(19(2)17-30)28(32)21-7-5-6-8-24(21)34-4/h5-12,15-16,19H,13-14,17H2,1-4H3/t19-/m0/s1. The lowest BCUT2D eigenvalue weighted by atomic mass is 10.1. The van der Waals surface area contributed by atoms with Crippen LogP contribution in [0.5, 0.6) is 23.0 Å². The minimum Gasteiger partial charge on any atom is -0.497 e. The second-order valence-corrected chi connectivity index (χ2v) is 8.86. The first kappa shape index (κ1) is 22.8. The van der Waals surface area contributed by atoms with Crippen LogP contribution in [-0.4, -0.2) is 61.4 Å². The summed E-state index contributed by atoms with van der Waals surface area (Å²) in [5, 5.41) is 0. The van der Waals surface area contributed by atoms with Gasteiger partial charge in [0.1, 0.15) is 28.8 Å². The van der Waals surface area contributed by atoms with Crippen molar-refractivity contribution in [2.45, 2.75) is 19.9 Å². The van der Waals surface area contributed by atoms with Crippen LogP contribution in [0.2, 0.25) is 0 Å². The van der Waals surface area contributed by atoms with Crippen LogP contribution >= 0.6 is 0 Å². The third-order valence-corrected chi connectivity index (χ3v) is 6.51. The van der Waals surface area contributed by atoms with Crippen LogP contribution in [0, 0.1) is 6.92 Å². The highest BCUT2D eigenvalue weighted by Crippen LogP contribution is 2.40. The van der Waals surface area contributed by atoms with Gasteiger partial charge in [-0.15, -0.1) is 0 Å². The summed E-state index contributed by atoms with van der Waals surface area (Å²) in [7, 11) is 3.24. The lowest BCUT2D eigenvalue weighted by Gasteiger charge is -2.41. The Morgan fingerprint density at radius 3 is 2.60 bits per heavy atom. The van der Waals surface area contributed by atoms with E-state index < -0.39 is 0 Å². The van der Waals surface area contributed by atoms with Gasteiger partial charge in [0.25, 0.3) is 5.91 Å². The molecule has 7 nitrogen and oxygen atoms in total. The summed E-state index contributed by atoms with van der Waals surface area (Å²) in [4.78, 5) is 22.6. The van der Waals surface area contributed by atoms with Gasteiger partial charge in [-0.2, -0.15) is 0 Å². The Kier molecular flexibility index (Phi) is 6.07. The number of fused-ring (bicyclic) bond motifs is 2. The number of methoxy groups -OCH3 is 2. The van der Waals surface area contributed by atoms with Crippen LogP contribution < -0.4 is 14.2 Å². The van der Waals surface area contributed by atoms with Gasteiger partial charge in [0.2, 0.25) is 0 Å². The molecule has 0 aromatic heterocycles. The zero-order valence-electron chi connectivity index (χ0n) is 20.4. The summed E-state index contributed by atoms with van der Waals surface area (Å²) >= 11 is 0. The van der Waals surface area contributed by atoms with Gasteiger partial charge in [-0.3, -0.25) is 4.79 Å². The number of amides is 1. The Morgan fingerprint density at radius 2 is 1.83 bits per heavy atom. The lowest BCUT2D eigenvalue weighted by molar-refractivity contribution is 0.0578. The molecule has 0 saturated carbocycles. The highest BCUT2D eigenvalue weighted by Gasteiger charge is 2.33. The predicted octanol–water partition coefficient (Wildman–Crippen LogP) is 5.04. The van der Waals surface area contributed by atoms with Gasteiger partial charge in [0.05, 0.1) is 25.3 Å². The second kappa shape index (κ2) is 9.33. The molecule has 2 aliphatic heterocycles. The topological polar surface area (TPSA) is 63.6 Å². The summed E-state index contributed by atoms with van der Waals surface area (Å²) < 4.78 is 17.2. The fourth-order valence-electron chi connectivity index (χ4n) is 4.66. The van der Waals surface area contributed by atoms with E-state index in [1.54, 1.807) is 14.2 Å². The van der Waals surface area contributed by atoms with E-state index in [0.717, 1.165) is 39.9 Å². The van der Waals surface area contributed by atoms with Gasteiger partial charge in [0, 0.05) is 25.7 Å². The van der Waals surface area contributed by atoms with Crippen molar-refractivity contribution >= 4 is 17.4 Å². The molecule has 3 aromatic rings. The fourth-order valence-corrected chi connectivity index (χ4v) is 4.66. The summed E-state index contributed by atoms with van der Waals surface area (Å²) in [6, 6.07) is 19.1. The molecule has 1 atom stereocenters. The van der Waals surface area contributed by atoms with E-state index in [9.17, 15) is 4.79 Å². The SMILES string of the molecule is COc1ccc2c(c1)C(N1CCN(C(=O)c3ccccc3OC)[C@@H](C)C1)=Nc1ccc(C)cc1O2. The van der Waals surface area contributed by atoms with E-state index in [4.69, 9.17) is 19.2 Å². The maximum atomic E-state index is 13.4. The molecule has 0 aliphatic carbocycles. The highest BCUT2D eigenvalue weighted by atomic mass is 16.5. The van der Waals surface area contributed by atoms with Crippen LogP contribution in [-0.2, 0) is 0 Å². The number of nitrogens with zero attached hydrogens (tertiary/aromatic N) is 3. The maximum absolute atomic E-state index is 13.4. The Hall–Kier alpha value is -4.00. The Labute approximate surface area is 205 Å². The number of hydrogen-bond acceptors (Lipinski definition) is 6. The number of ether oxygens (including phenoxy) is 3. The first-order valence-electron chi connectivity index (χ1n) is 11.7. The molecule has 2 heterocycles. The van der Waals surface area contributed by atoms with Gasteiger partial charge < -0.3 is 24.0 Å². The van der Waals surface area contributed by atoms with Crippen molar-refractivity contribution < 1.29 is 19.0 Å². The van der Waals surface area contributed by atoms with E-state index in [1.807, 2.05) is 72.5 Å². The number of aryl methyl sites for hydroxylation is 1. The van der Waals surface area contributed by atoms with Crippen molar-refractivity contribution in [2.24, 2.45) is 4.99 Å². The largest absolute Gasteiger partial charge is 0.497 e. The Morgan fingerprint density at radius 1 is 1.00 bits per heavy atom. The Bertz CT molecular complexity index is 1300. The third-order valence-electron chi connectivity index (χ3n) is 6.51. The zero-order chi connectivity index (χ0) is 24.5. The van der Waals surface area contributed by atoms with E-state index in [1.165, 1.54) is 0 Å². The average Bonchev–Trinajstić information content (AvgIpc) is 3.04. The molecule has 35 heavy (non-hydrogen) atoms. The highest BCUT2D eigenvalue weighted by molar-refractivity contribution is 6.04. The summed E-state index contributed by atoms with van der Waals surface area (Å²) in [5.41, 5.74) is 3.33. The maximum Gasteiger partial charge on any atom is 0.257 e. The number of carbonyl (C=O) groups excluding carboxylic acids is 1. The lowest BCUT2D eigenvalue weighted by Crippen LogP contribution is -2.55. The third kappa shape index (κ3) is 4.30. The van der Waals surface area contributed by atoms with E-state index in [0.29, 0.717) is 30.9 Å². The van der Waals surface area contributed by atoms with Crippen molar-refractivity contribution in [3.05, 3.63) is 77.4 Å². The minimum absolute atomic E-state index is 0.0244. The second-order valence-electron chi connectivity index (χ2n) is 8.86. The number of piperazine rings is 1. The molecule has 0 bridgehead atoms. The molecule has 5 rings (SSSR count). The smallest absolute Gasteiger partial charge is 0.257 e. The molecule has 0 unspecified atom stereocenters. The van der Waals surface area contributed by atoms with Crippen LogP contribution in [0.1, 0.15) is 28.4 Å². The number of para-hydroxylation sites is 1. The zero-order valence-corrected chi connectivity index (χ0v) is 20.4. The summed E-state index contributed by atoms with van der Waals surface area (Å²) in [6.45, 7) is 5.95. The molecular formula is C28H29N3O4. The molecule has 0 N–H and O–H groups in total. The van der Waals surface area contributed by atoms with Gasteiger partial charge in [-0.05, 0) is 61.9 Å². The molecule has 180 valence electrons. The van der Waals surface area contributed by atoms with E-state index in [-0.39, 0.29) is 11.9 Å². The van der Waals surface area contributed by atoms with Crippen molar-refractivity contribution in [2.75, 3.05) is 33.9 Å².